The second kappa shape index (κ2) is 16.8. The van der Waals surface area contributed by atoms with Crippen LogP contribution in [0.25, 0.3) is 10.9 Å². The highest BCUT2D eigenvalue weighted by Gasteiger charge is 2.30. The molecule has 1 aliphatic heterocycles. The summed E-state index contributed by atoms with van der Waals surface area (Å²) in [7, 11) is 6.41. The molecular weight excluding hydrogens is 785 g/mol. The maximum absolute atomic E-state index is 13.4. The number of aromatic nitrogens is 6. The number of hydrogen-bond acceptors (Lipinski definition) is 11. The fourth-order valence-corrected chi connectivity index (χ4v) is 7.21. The van der Waals surface area contributed by atoms with E-state index in [-0.39, 0.29) is 59.6 Å². The molecule has 5 heterocycles. The van der Waals surface area contributed by atoms with E-state index >= 15 is 0 Å². The highest BCUT2D eigenvalue weighted by atomic mass is 16.5. The average Bonchev–Trinajstić information content (AvgIpc) is 4.04. The summed E-state index contributed by atoms with van der Waals surface area (Å²) in [5.74, 6) is -1.14. The first kappa shape index (κ1) is 41.3. The van der Waals surface area contributed by atoms with E-state index in [1.165, 1.54) is 28.6 Å². The highest BCUT2D eigenvalue weighted by molar-refractivity contribution is 6.07. The monoisotopic (exact) mass is 830 g/mol. The molecule has 19 nitrogen and oxygen atoms in total. The number of nitrogen functional groups attached to an aromatic ring is 2. The van der Waals surface area contributed by atoms with E-state index in [4.69, 9.17) is 20.9 Å². The Morgan fingerprint density at radius 3 is 2.26 bits per heavy atom. The van der Waals surface area contributed by atoms with E-state index in [1.807, 2.05) is 6.92 Å². The summed E-state index contributed by atoms with van der Waals surface area (Å²) in [4.78, 5) is 72.0. The Bertz CT molecular complexity index is 2740. The molecule has 1 fully saturated rings. The molecule has 1 saturated heterocycles. The van der Waals surface area contributed by atoms with Crippen LogP contribution < -0.4 is 36.9 Å². The van der Waals surface area contributed by atoms with E-state index in [0.717, 1.165) is 17.4 Å². The molecule has 1 aliphatic rings. The van der Waals surface area contributed by atoms with Gasteiger partial charge in [-0.15, -0.1) is 0 Å². The second-order valence-electron chi connectivity index (χ2n) is 14.9. The number of likely N-dealkylation sites (tertiary alicyclic amines) is 1. The van der Waals surface area contributed by atoms with E-state index in [2.05, 4.69) is 32.6 Å². The number of benzene rings is 2. The minimum Gasteiger partial charge on any atom is -0.493 e. The van der Waals surface area contributed by atoms with Gasteiger partial charge in [0.25, 0.3) is 23.6 Å². The topological polar surface area (TPSA) is 241 Å². The second-order valence-corrected chi connectivity index (χ2v) is 14.9. The number of nitrogens with two attached hydrogens (primary N) is 2. The maximum Gasteiger partial charge on any atom is 0.295 e. The van der Waals surface area contributed by atoms with E-state index in [1.54, 1.807) is 90.2 Å². The summed E-state index contributed by atoms with van der Waals surface area (Å²) in [5.41, 5.74) is 16.0. The Kier molecular flexibility index (Phi) is 11.4. The van der Waals surface area contributed by atoms with Gasteiger partial charge in [-0.1, -0.05) is 12.2 Å². The number of hydrogen-bond donors (Lipinski definition) is 5. The van der Waals surface area contributed by atoms with Crippen LogP contribution in [0.5, 0.6) is 11.5 Å². The van der Waals surface area contributed by atoms with Crippen molar-refractivity contribution in [2.75, 3.05) is 47.7 Å². The Morgan fingerprint density at radius 2 is 1.56 bits per heavy atom. The molecule has 0 radical (unpaired) electrons. The lowest BCUT2D eigenvalue weighted by Crippen LogP contribution is -2.34. The van der Waals surface area contributed by atoms with Crippen molar-refractivity contribution in [3.8, 4) is 11.5 Å². The lowest BCUT2D eigenvalue weighted by molar-refractivity contribution is -0.116. The van der Waals surface area contributed by atoms with E-state index in [9.17, 15) is 24.0 Å². The number of imidazole rings is 1. The first-order valence-electron chi connectivity index (χ1n) is 19.2. The predicted molar refractivity (Wildman–Crippen MR) is 229 cm³/mol. The zero-order chi connectivity index (χ0) is 43.7. The van der Waals surface area contributed by atoms with Crippen molar-refractivity contribution in [3.05, 3.63) is 102 Å². The van der Waals surface area contributed by atoms with Crippen molar-refractivity contribution in [1.82, 2.24) is 33.4 Å². The molecule has 2 aromatic carbocycles. The van der Waals surface area contributed by atoms with Gasteiger partial charge < -0.3 is 55.5 Å². The zero-order valence-corrected chi connectivity index (χ0v) is 34.3. The van der Waals surface area contributed by atoms with Crippen molar-refractivity contribution < 1.29 is 33.4 Å². The number of rotatable bonds is 13. The quantitative estimate of drug-likeness (QED) is 0.0621. The number of nitrogens with one attached hydrogen (secondary N) is 3. The number of carbonyl (C=O) groups is 5. The average molecular weight is 831 g/mol. The van der Waals surface area contributed by atoms with Crippen LogP contribution >= 0.6 is 0 Å². The molecule has 316 valence electrons. The Morgan fingerprint density at radius 1 is 0.852 bits per heavy atom. The lowest BCUT2D eigenvalue weighted by atomic mass is 10.1. The van der Waals surface area contributed by atoms with Crippen LogP contribution in [0.1, 0.15) is 68.1 Å². The number of amides is 4. The third-order valence-corrected chi connectivity index (χ3v) is 10.3. The Balaban J connectivity index is 0.904. The molecule has 0 saturated carbocycles. The third-order valence-electron chi connectivity index (χ3n) is 10.3. The summed E-state index contributed by atoms with van der Waals surface area (Å²) in [6.45, 7) is 6.59. The fourth-order valence-electron chi connectivity index (χ4n) is 7.21. The first-order valence-corrected chi connectivity index (χ1v) is 19.2. The number of fused-ring (bicyclic) bond motifs is 1. The van der Waals surface area contributed by atoms with Gasteiger partial charge >= 0.3 is 0 Å². The van der Waals surface area contributed by atoms with Gasteiger partial charge in [-0.25, -0.2) is 4.98 Å². The molecule has 1 atom stereocenters. The third kappa shape index (κ3) is 8.66. The van der Waals surface area contributed by atoms with Gasteiger partial charge in [0, 0.05) is 81.6 Å². The van der Waals surface area contributed by atoms with Crippen LogP contribution in [0, 0.1) is 0 Å². The minimum atomic E-state index is -0.574. The number of methoxy groups -OCH3 is 1. The molecule has 0 aliphatic carbocycles. The molecule has 19 heteroatoms. The molecule has 0 spiro atoms. The van der Waals surface area contributed by atoms with Gasteiger partial charge in [0.05, 0.1) is 42.4 Å². The summed E-state index contributed by atoms with van der Waals surface area (Å²) < 4.78 is 17.2. The smallest absolute Gasteiger partial charge is 0.295 e. The zero-order valence-electron chi connectivity index (χ0n) is 34.3. The van der Waals surface area contributed by atoms with Crippen LogP contribution in [-0.4, -0.2) is 89.2 Å². The van der Waals surface area contributed by atoms with Crippen LogP contribution in [0.2, 0.25) is 0 Å². The number of nitrogens with zero attached hydrogens (tertiary/aromatic N) is 7. The summed E-state index contributed by atoms with van der Waals surface area (Å²) in [6, 6.07) is 11.3. The molecule has 0 bridgehead atoms. The lowest BCUT2D eigenvalue weighted by Gasteiger charge is -2.22. The Hall–Kier alpha value is -7.83. The fraction of sp³-hybridized carbons (Fsp3) is 0.262. The number of ether oxygens (including phenoxy) is 2. The van der Waals surface area contributed by atoms with Gasteiger partial charge in [0.1, 0.15) is 11.4 Å². The molecular formula is C42H46N12O7. The summed E-state index contributed by atoms with van der Waals surface area (Å²) >= 11 is 0. The van der Waals surface area contributed by atoms with Gasteiger partial charge in [0.2, 0.25) is 11.7 Å². The van der Waals surface area contributed by atoms with Crippen LogP contribution in [0.4, 0.5) is 28.6 Å². The molecule has 7 rings (SSSR count). The molecule has 7 N–H and O–H groups in total. The number of anilines is 5. The van der Waals surface area contributed by atoms with Gasteiger partial charge in [0.15, 0.2) is 17.3 Å². The van der Waals surface area contributed by atoms with Crippen molar-refractivity contribution in [2.45, 2.75) is 32.2 Å². The van der Waals surface area contributed by atoms with E-state index < -0.39 is 17.7 Å². The van der Waals surface area contributed by atoms with Crippen LogP contribution in [-0.2, 0) is 25.9 Å². The molecule has 0 unspecified atom stereocenters. The van der Waals surface area contributed by atoms with Gasteiger partial charge in [-0.3, -0.25) is 24.0 Å². The van der Waals surface area contributed by atoms with Crippen molar-refractivity contribution >= 4 is 69.0 Å². The Labute approximate surface area is 349 Å². The van der Waals surface area contributed by atoms with Crippen molar-refractivity contribution in [1.29, 1.82) is 0 Å². The largest absolute Gasteiger partial charge is 0.493 e. The molecule has 4 aromatic heterocycles. The number of aryl methyl sites for hydroxylation is 3. The van der Waals surface area contributed by atoms with Crippen LogP contribution in [0.3, 0.4) is 0 Å². The summed E-state index contributed by atoms with van der Waals surface area (Å²) in [5, 5.41) is 13.2. The SMILES string of the molecule is C=C1C[C@@H](C)N(C(=O)c2cc(OC)c(OCCCC(=O)Nc3cn(C)c(C(=O)Nc4cc(C(=O)Nc5cc(C(=O)n6ncc7cc(N)ccc76)n(C)c5)n(C)c4)n3)cc2N)C1. The molecule has 4 amide bonds. The number of carbonyl (C=O) groups excluding carboxylic acids is 5. The predicted octanol–water partition coefficient (Wildman–Crippen LogP) is 4.40. The maximum atomic E-state index is 13.4. The normalized spacial score (nSPS) is 13.7. The molecule has 61 heavy (non-hydrogen) atoms. The first-order chi connectivity index (χ1) is 29.1. The van der Waals surface area contributed by atoms with Crippen LogP contribution in [0.15, 0.2) is 79.4 Å². The summed E-state index contributed by atoms with van der Waals surface area (Å²) in [6.07, 6.45) is 7.39. The standard InChI is InChI=1S/C42H46N12O7/c1-23-12-24(2)53(19-23)41(58)29-16-34(60-6)35(17-30(29)44)61-11-7-8-37(55)48-36-22-52(5)38(49-36)40(57)47-27-14-32(50(3)20-27)39(56)46-28-15-33(51(4)21-28)42(59)54-31-10-9-26(43)13-25(31)18-45-54/h9-10,13-18,20-22,24H,1,7-8,11-12,19,43-44H2,2-6H3,(H,46,56)(H,47,57)(H,48,55)/t24-/m1/s1. The van der Waals surface area contributed by atoms with Gasteiger partial charge in [-0.2, -0.15) is 9.78 Å². The van der Waals surface area contributed by atoms with Crippen molar-refractivity contribution in [2.24, 2.45) is 21.1 Å². The molecule has 6 aromatic rings. The van der Waals surface area contributed by atoms with E-state index in [0.29, 0.717) is 52.6 Å². The van der Waals surface area contributed by atoms with Gasteiger partial charge in [-0.05, 0) is 56.2 Å². The van der Waals surface area contributed by atoms with Crippen molar-refractivity contribution in [3.63, 3.8) is 0 Å². The minimum absolute atomic E-state index is 0.0131. The highest BCUT2D eigenvalue weighted by Crippen LogP contribution is 2.34.